The highest BCUT2D eigenvalue weighted by Crippen LogP contribution is 2.39. The number of hydrogen-bond acceptors (Lipinski definition) is 5. The summed E-state index contributed by atoms with van der Waals surface area (Å²) >= 11 is 6.29. The highest BCUT2D eigenvalue weighted by molar-refractivity contribution is 6.31. The second-order valence-electron chi connectivity index (χ2n) is 8.44. The largest absolute Gasteiger partial charge is 0.357 e. The Balaban J connectivity index is 1.39. The molecule has 1 aromatic carbocycles. The van der Waals surface area contributed by atoms with Gasteiger partial charge in [0.2, 0.25) is 5.91 Å². The Morgan fingerprint density at radius 3 is 2.78 bits per heavy atom. The summed E-state index contributed by atoms with van der Waals surface area (Å²) in [5, 5.41) is 8.58. The second kappa shape index (κ2) is 8.47. The Bertz CT molecular complexity index is 1150. The van der Waals surface area contributed by atoms with E-state index in [-0.39, 0.29) is 11.8 Å². The maximum absolute atomic E-state index is 13.7. The van der Waals surface area contributed by atoms with E-state index in [4.69, 9.17) is 11.6 Å². The number of aromatic nitrogens is 3. The standard InChI is InChI=1S/C24H27ClN6O/c1-3-31-23-18(14-26-31)15-30(21-8-7-19(25)13-20(21)28-23)24(32)17-9-11-29(12-10-17)22-6-4-5-16(2)27-22/h4-8,13-14,17,28H,3,9-12,15H2,1-2H3. The molecule has 0 spiro atoms. The molecule has 0 aliphatic carbocycles. The summed E-state index contributed by atoms with van der Waals surface area (Å²) in [5.41, 5.74) is 3.72. The van der Waals surface area contributed by atoms with Crippen LogP contribution < -0.4 is 15.1 Å². The van der Waals surface area contributed by atoms with Gasteiger partial charge in [-0.1, -0.05) is 17.7 Å². The van der Waals surface area contributed by atoms with E-state index in [1.807, 2.05) is 59.1 Å². The summed E-state index contributed by atoms with van der Waals surface area (Å²) < 4.78 is 1.92. The van der Waals surface area contributed by atoms with Gasteiger partial charge in [0.15, 0.2) is 0 Å². The molecule has 1 N–H and O–H groups in total. The van der Waals surface area contributed by atoms with Crippen molar-refractivity contribution in [2.75, 3.05) is 28.2 Å². The predicted octanol–water partition coefficient (Wildman–Crippen LogP) is 4.77. The van der Waals surface area contributed by atoms with E-state index >= 15 is 0 Å². The minimum absolute atomic E-state index is 0.0256. The molecule has 0 bridgehead atoms. The van der Waals surface area contributed by atoms with Crippen molar-refractivity contribution in [3.63, 3.8) is 0 Å². The number of piperidine rings is 1. The predicted molar refractivity (Wildman–Crippen MR) is 128 cm³/mol. The van der Waals surface area contributed by atoms with Crippen LogP contribution in [0.4, 0.5) is 23.0 Å². The van der Waals surface area contributed by atoms with Gasteiger partial charge < -0.3 is 15.1 Å². The zero-order valence-corrected chi connectivity index (χ0v) is 19.1. The van der Waals surface area contributed by atoms with E-state index in [2.05, 4.69) is 27.2 Å². The first-order chi connectivity index (χ1) is 15.5. The molecule has 1 fully saturated rings. The first kappa shape index (κ1) is 20.8. The number of aryl methyl sites for hydroxylation is 2. The molecule has 1 saturated heterocycles. The number of nitrogens with one attached hydrogen (secondary N) is 1. The molecule has 2 aliphatic heterocycles. The number of rotatable bonds is 3. The average molecular weight is 451 g/mol. The highest BCUT2D eigenvalue weighted by Gasteiger charge is 2.33. The number of carbonyl (C=O) groups excluding carboxylic acids is 1. The zero-order chi connectivity index (χ0) is 22.2. The van der Waals surface area contributed by atoms with Crippen LogP contribution in [0.2, 0.25) is 5.02 Å². The van der Waals surface area contributed by atoms with Crippen LogP contribution in [0.25, 0.3) is 0 Å². The van der Waals surface area contributed by atoms with Gasteiger partial charge >= 0.3 is 0 Å². The van der Waals surface area contributed by atoms with E-state index in [0.717, 1.165) is 66.7 Å². The minimum Gasteiger partial charge on any atom is -0.357 e. The SMILES string of the molecule is CCn1ncc2c1Nc1cc(Cl)ccc1N(C(=O)C1CCN(c3cccc(C)n3)CC1)C2. The normalized spacial score (nSPS) is 16.2. The van der Waals surface area contributed by atoms with Crippen molar-refractivity contribution in [2.24, 2.45) is 5.92 Å². The Labute approximate surface area is 193 Å². The Morgan fingerprint density at radius 1 is 1.22 bits per heavy atom. The van der Waals surface area contributed by atoms with Gasteiger partial charge in [-0.25, -0.2) is 9.67 Å². The molecule has 8 heteroatoms. The van der Waals surface area contributed by atoms with E-state index in [1.165, 1.54) is 0 Å². The summed E-state index contributed by atoms with van der Waals surface area (Å²) in [4.78, 5) is 22.6. The molecule has 0 saturated carbocycles. The highest BCUT2D eigenvalue weighted by atomic mass is 35.5. The van der Waals surface area contributed by atoms with Gasteiger partial charge in [0.1, 0.15) is 11.6 Å². The van der Waals surface area contributed by atoms with E-state index in [0.29, 0.717) is 11.6 Å². The number of amides is 1. The maximum Gasteiger partial charge on any atom is 0.230 e. The first-order valence-corrected chi connectivity index (χ1v) is 11.5. The molecule has 4 heterocycles. The molecule has 0 atom stereocenters. The Morgan fingerprint density at radius 2 is 2.03 bits per heavy atom. The van der Waals surface area contributed by atoms with Crippen LogP contribution >= 0.6 is 11.6 Å². The van der Waals surface area contributed by atoms with Gasteiger partial charge in [0.25, 0.3) is 0 Å². The quantitative estimate of drug-likeness (QED) is 0.622. The van der Waals surface area contributed by atoms with Gasteiger partial charge in [-0.2, -0.15) is 5.10 Å². The van der Waals surface area contributed by atoms with Crippen molar-refractivity contribution in [3.05, 3.63) is 58.9 Å². The van der Waals surface area contributed by atoms with Crippen molar-refractivity contribution >= 4 is 40.5 Å². The monoisotopic (exact) mass is 450 g/mol. The Hall–Kier alpha value is -3.06. The van der Waals surface area contributed by atoms with Gasteiger partial charge in [0, 0.05) is 41.8 Å². The lowest BCUT2D eigenvalue weighted by atomic mass is 9.94. The molecule has 166 valence electrons. The van der Waals surface area contributed by atoms with E-state index in [1.54, 1.807) is 0 Å². The fraction of sp³-hybridized carbons (Fsp3) is 0.375. The molecule has 1 amide bonds. The number of hydrogen-bond donors (Lipinski definition) is 1. The van der Waals surface area contributed by atoms with Gasteiger partial charge in [-0.3, -0.25) is 4.79 Å². The molecule has 7 nitrogen and oxygen atoms in total. The minimum atomic E-state index is -0.0256. The lowest BCUT2D eigenvalue weighted by molar-refractivity contribution is -0.123. The second-order valence-corrected chi connectivity index (χ2v) is 8.88. The number of fused-ring (bicyclic) bond motifs is 2. The number of pyridine rings is 1. The van der Waals surface area contributed by atoms with Gasteiger partial charge in [0.05, 0.1) is 24.1 Å². The first-order valence-electron chi connectivity index (χ1n) is 11.1. The van der Waals surface area contributed by atoms with Gasteiger partial charge in [-0.15, -0.1) is 0 Å². The molecule has 32 heavy (non-hydrogen) atoms. The van der Waals surface area contributed by atoms with Crippen LogP contribution in [0.15, 0.2) is 42.6 Å². The molecule has 0 unspecified atom stereocenters. The molecule has 2 aliphatic rings. The molecule has 3 aromatic rings. The van der Waals surface area contributed by atoms with Gasteiger partial charge in [-0.05, 0) is 57.0 Å². The van der Waals surface area contributed by atoms with Crippen LogP contribution in [-0.2, 0) is 17.9 Å². The van der Waals surface area contributed by atoms with Crippen LogP contribution in [0.3, 0.4) is 0 Å². The molecular formula is C24H27ClN6O. The topological polar surface area (TPSA) is 66.3 Å². The summed E-state index contributed by atoms with van der Waals surface area (Å²) in [6, 6.07) is 11.7. The summed E-state index contributed by atoms with van der Waals surface area (Å²) in [5.74, 6) is 2.05. The third-order valence-electron chi connectivity index (χ3n) is 6.35. The van der Waals surface area contributed by atoms with Crippen LogP contribution in [0, 0.1) is 12.8 Å². The molecule has 5 rings (SSSR count). The summed E-state index contributed by atoms with van der Waals surface area (Å²) in [7, 11) is 0. The lowest BCUT2D eigenvalue weighted by Crippen LogP contribution is -2.42. The van der Waals surface area contributed by atoms with Crippen molar-refractivity contribution < 1.29 is 4.79 Å². The fourth-order valence-corrected chi connectivity index (χ4v) is 4.80. The number of nitrogens with zero attached hydrogens (tertiary/aromatic N) is 5. The van der Waals surface area contributed by atoms with E-state index < -0.39 is 0 Å². The molecule has 0 radical (unpaired) electrons. The smallest absolute Gasteiger partial charge is 0.230 e. The Kier molecular flexibility index (Phi) is 5.51. The fourth-order valence-electron chi connectivity index (χ4n) is 4.63. The van der Waals surface area contributed by atoms with Crippen molar-refractivity contribution in [2.45, 2.75) is 39.8 Å². The lowest BCUT2D eigenvalue weighted by Gasteiger charge is -2.35. The van der Waals surface area contributed by atoms with Crippen LogP contribution in [0.1, 0.15) is 31.0 Å². The van der Waals surface area contributed by atoms with E-state index in [9.17, 15) is 4.79 Å². The molecule has 2 aromatic heterocycles. The zero-order valence-electron chi connectivity index (χ0n) is 18.4. The third kappa shape index (κ3) is 3.81. The number of benzene rings is 1. The average Bonchev–Trinajstić information content (AvgIpc) is 3.11. The summed E-state index contributed by atoms with van der Waals surface area (Å²) in [6.07, 6.45) is 3.47. The number of anilines is 4. The van der Waals surface area contributed by atoms with Crippen molar-refractivity contribution in [3.8, 4) is 0 Å². The number of halogens is 1. The third-order valence-corrected chi connectivity index (χ3v) is 6.59. The van der Waals surface area contributed by atoms with Crippen LogP contribution in [0.5, 0.6) is 0 Å². The maximum atomic E-state index is 13.7. The van der Waals surface area contributed by atoms with Crippen molar-refractivity contribution in [1.29, 1.82) is 0 Å². The number of carbonyl (C=O) groups is 1. The van der Waals surface area contributed by atoms with Crippen molar-refractivity contribution in [1.82, 2.24) is 14.8 Å². The summed E-state index contributed by atoms with van der Waals surface area (Å²) in [6.45, 7) is 6.95. The molecular weight excluding hydrogens is 424 g/mol. The van der Waals surface area contributed by atoms with Crippen LogP contribution in [-0.4, -0.2) is 33.8 Å².